The standard InChI is InChI=1S/C19H22ClN5.HI/c1-2-21-19(23-13-14-7-3-4-8-15(14)20)22-12-11-18-24-16-9-5-6-10-17(16)25-18;/h3-10H,2,11-13H2,1H3,(H,24,25)(H2,21,22,23);1H. The molecule has 0 spiro atoms. The molecule has 0 amide bonds. The average Bonchev–Trinajstić information content (AvgIpc) is 3.03. The van der Waals surface area contributed by atoms with Gasteiger partial charge in [-0.3, -0.25) is 0 Å². The molecular weight excluding hydrogens is 461 g/mol. The topological polar surface area (TPSA) is 65.1 Å². The number of fused-ring (bicyclic) bond motifs is 1. The second-order valence-corrected chi connectivity index (χ2v) is 6.07. The summed E-state index contributed by atoms with van der Waals surface area (Å²) in [5, 5.41) is 7.33. The monoisotopic (exact) mass is 483 g/mol. The van der Waals surface area contributed by atoms with Gasteiger partial charge in [0.15, 0.2) is 5.96 Å². The van der Waals surface area contributed by atoms with E-state index in [0.717, 1.165) is 52.9 Å². The first kappa shape index (κ1) is 20.5. The Labute approximate surface area is 175 Å². The van der Waals surface area contributed by atoms with E-state index in [1.54, 1.807) is 0 Å². The van der Waals surface area contributed by atoms with Crippen molar-refractivity contribution in [1.29, 1.82) is 0 Å². The highest BCUT2D eigenvalue weighted by atomic mass is 127. The maximum absolute atomic E-state index is 6.19. The Morgan fingerprint density at radius 2 is 1.88 bits per heavy atom. The van der Waals surface area contributed by atoms with E-state index in [9.17, 15) is 0 Å². The fourth-order valence-corrected chi connectivity index (χ4v) is 2.75. The van der Waals surface area contributed by atoms with Gasteiger partial charge in [-0.15, -0.1) is 24.0 Å². The van der Waals surface area contributed by atoms with E-state index in [4.69, 9.17) is 11.6 Å². The van der Waals surface area contributed by atoms with Crippen LogP contribution in [0.2, 0.25) is 5.02 Å². The molecule has 3 aromatic rings. The highest BCUT2D eigenvalue weighted by Crippen LogP contribution is 2.15. The van der Waals surface area contributed by atoms with Crippen molar-refractivity contribution in [1.82, 2.24) is 20.6 Å². The van der Waals surface area contributed by atoms with Crippen LogP contribution in [-0.4, -0.2) is 29.0 Å². The first-order valence-corrected chi connectivity index (χ1v) is 8.83. The smallest absolute Gasteiger partial charge is 0.191 e. The number of halogens is 2. The lowest BCUT2D eigenvalue weighted by Crippen LogP contribution is -2.38. The number of H-pyrrole nitrogens is 1. The number of para-hydroxylation sites is 2. The van der Waals surface area contributed by atoms with Gasteiger partial charge in [0.05, 0.1) is 17.6 Å². The van der Waals surface area contributed by atoms with Crippen LogP contribution in [0.5, 0.6) is 0 Å². The summed E-state index contributed by atoms with van der Waals surface area (Å²) in [7, 11) is 0. The lowest BCUT2D eigenvalue weighted by atomic mass is 10.2. The normalized spacial score (nSPS) is 11.2. The Kier molecular flexibility index (Phi) is 8.18. The number of guanidine groups is 1. The predicted octanol–water partition coefficient (Wildman–Crippen LogP) is 4.13. The van der Waals surface area contributed by atoms with E-state index in [2.05, 4.69) is 25.6 Å². The number of hydrogen-bond acceptors (Lipinski definition) is 2. The van der Waals surface area contributed by atoms with E-state index >= 15 is 0 Å². The minimum atomic E-state index is 0. The highest BCUT2D eigenvalue weighted by molar-refractivity contribution is 14.0. The molecule has 138 valence electrons. The molecule has 26 heavy (non-hydrogen) atoms. The fourth-order valence-electron chi connectivity index (χ4n) is 2.56. The van der Waals surface area contributed by atoms with Crippen LogP contribution in [0.25, 0.3) is 11.0 Å². The van der Waals surface area contributed by atoms with E-state index in [0.29, 0.717) is 6.54 Å². The second-order valence-electron chi connectivity index (χ2n) is 5.66. The molecule has 0 bridgehead atoms. The van der Waals surface area contributed by atoms with Gasteiger partial charge in [-0.2, -0.15) is 0 Å². The van der Waals surface area contributed by atoms with Crippen molar-refractivity contribution < 1.29 is 0 Å². The SMILES string of the molecule is CCNC(=NCc1ccccc1Cl)NCCc1nc2ccccc2[nH]1.I. The zero-order valence-corrected chi connectivity index (χ0v) is 17.7. The summed E-state index contributed by atoms with van der Waals surface area (Å²) in [6.45, 7) is 4.14. The van der Waals surface area contributed by atoms with Crippen molar-refractivity contribution in [3.63, 3.8) is 0 Å². The third-order valence-electron chi connectivity index (χ3n) is 3.80. The molecule has 0 fully saturated rings. The minimum Gasteiger partial charge on any atom is -0.357 e. The van der Waals surface area contributed by atoms with Gasteiger partial charge >= 0.3 is 0 Å². The summed E-state index contributed by atoms with van der Waals surface area (Å²) in [5.41, 5.74) is 3.08. The molecule has 0 aliphatic rings. The number of aliphatic imine (C=N–C) groups is 1. The van der Waals surface area contributed by atoms with Crippen LogP contribution in [0.15, 0.2) is 53.5 Å². The number of hydrogen-bond donors (Lipinski definition) is 3. The number of aromatic nitrogens is 2. The van der Waals surface area contributed by atoms with Crippen LogP contribution in [0.3, 0.4) is 0 Å². The van der Waals surface area contributed by atoms with Gasteiger partial charge in [0, 0.05) is 24.5 Å². The summed E-state index contributed by atoms with van der Waals surface area (Å²) in [6, 6.07) is 15.8. The predicted molar refractivity (Wildman–Crippen MR) is 119 cm³/mol. The molecule has 5 nitrogen and oxygen atoms in total. The number of nitrogens with zero attached hydrogens (tertiary/aromatic N) is 2. The number of nitrogens with one attached hydrogen (secondary N) is 3. The lowest BCUT2D eigenvalue weighted by Gasteiger charge is -2.11. The zero-order chi connectivity index (χ0) is 17.5. The van der Waals surface area contributed by atoms with Crippen molar-refractivity contribution in [2.24, 2.45) is 4.99 Å². The molecule has 0 unspecified atom stereocenters. The Morgan fingerprint density at radius 1 is 1.12 bits per heavy atom. The van der Waals surface area contributed by atoms with Crippen molar-refractivity contribution in [3.05, 3.63) is 64.9 Å². The highest BCUT2D eigenvalue weighted by Gasteiger charge is 2.03. The number of imidazole rings is 1. The fraction of sp³-hybridized carbons (Fsp3) is 0.263. The molecular formula is C19H23ClIN5. The quantitative estimate of drug-likeness (QED) is 0.281. The van der Waals surface area contributed by atoms with E-state index in [-0.39, 0.29) is 24.0 Å². The molecule has 3 N–H and O–H groups in total. The molecule has 7 heteroatoms. The molecule has 1 aromatic heterocycles. The minimum absolute atomic E-state index is 0. The van der Waals surface area contributed by atoms with Crippen LogP contribution >= 0.6 is 35.6 Å². The van der Waals surface area contributed by atoms with E-state index < -0.39 is 0 Å². The van der Waals surface area contributed by atoms with Gasteiger partial charge in [-0.05, 0) is 30.7 Å². The first-order chi connectivity index (χ1) is 12.3. The number of benzene rings is 2. The van der Waals surface area contributed by atoms with Crippen LogP contribution in [0, 0.1) is 0 Å². The Hall–Kier alpha value is -1.80. The summed E-state index contributed by atoms with van der Waals surface area (Å²) in [4.78, 5) is 12.5. The third kappa shape index (κ3) is 5.60. The third-order valence-corrected chi connectivity index (χ3v) is 4.17. The lowest BCUT2D eigenvalue weighted by molar-refractivity contribution is 0.780. The van der Waals surface area contributed by atoms with Gasteiger partial charge < -0.3 is 15.6 Å². The largest absolute Gasteiger partial charge is 0.357 e. The zero-order valence-electron chi connectivity index (χ0n) is 14.6. The molecule has 1 heterocycles. The van der Waals surface area contributed by atoms with Crippen molar-refractivity contribution in [2.45, 2.75) is 19.9 Å². The van der Waals surface area contributed by atoms with Gasteiger partial charge in [0.25, 0.3) is 0 Å². The maximum Gasteiger partial charge on any atom is 0.191 e. The van der Waals surface area contributed by atoms with Gasteiger partial charge in [-0.25, -0.2) is 9.98 Å². The number of rotatable bonds is 6. The molecule has 3 rings (SSSR count). The van der Waals surface area contributed by atoms with Crippen LogP contribution in [0.1, 0.15) is 18.3 Å². The Balaban J connectivity index is 0.00000243. The molecule has 0 saturated heterocycles. The maximum atomic E-state index is 6.19. The van der Waals surface area contributed by atoms with Gasteiger partial charge in [0.1, 0.15) is 5.82 Å². The summed E-state index contributed by atoms with van der Waals surface area (Å²) < 4.78 is 0. The molecule has 0 saturated carbocycles. The number of aromatic amines is 1. The second kappa shape index (κ2) is 10.4. The van der Waals surface area contributed by atoms with Gasteiger partial charge in [0.2, 0.25) is 0 Å². The Morgan fingerprint density at radius 3 is 2.65 bits per heavy atom. The van der Waals surface area contributed by atoms with Crippen LogP contribution in [-0.2, 0) is 13.0 Å². The first-order valence-electron chi connectivity index (χ1n) is 8.45. The summed E-state index contributed by atoms with van der Waals surface area (Å²) >= 11 is 6.19. The Bertz CT molecular complexity index is 829. The van der Waals surface area contributed by atoms with E-state index in [1.807, 2.05) is 55.5 Å². The van der Waals surface area contributed by atoms with Gasteiger partial charge in [-0.1, -0.05) is 41.9 Å². The van der Waals surface area contributed by atoms with Crippen molar-refractivity contribution in [3.8, 4) is 0 Å². The molecule has 2 aromatic carbocycles. The van der Waals surface area contributed by atoms with Crippen molar-refractivity contribution >= 4 is 52.6 Å². The summed E-state index contributed by atoms with van der Waals surface area (Å²) in [5.74, 6) is 1.74. The van der Waals surface area contributed by atoms with Crippen LogP contribution < -0.4 is 10.6 Å². The molecule has 0 aliphatic heterocycles. The average molecular weight is 484 g/mol. The van der Waals surface area contributed by atoms with Crippen LogP contribution in [0.4, 0.5) is 0 Å². The summed E-state index contributed by atoms with van der Waals surface area (Å²) in [6.07, 6.45) is 0.797. The molecule has 0 atom stereocenters. The molecule has 0 aliphatic carbocycles. The van der Waals surface area contributed by atoms with Crippen molar-refractivity contribution in [2.75, 3.05) is 13.1 Å². The molecule has 0 radical (unpaired) electrons. The van der Waals surface area contributed by atoms with E-state index in [1.165, 1.54) is 0 Å².